The second-order valence-corrected chi connectivity index (χ2v) is 11.1. The number of carbonyl (C=O) groups excluding carboxylic acids is 1. The van der Waals surface area contributed by atoms with E-state index in [1.807, 2.05) is 12.1 Å². The van der Waals surface area contributed by atoms with Crippen LogP contribution in [0.2, 0.25) is 0 Å². The molecule has 1 atom stereocenters. The third-order valence-corrected chi connectivity index (χ3v) is 8.70. The van der Waals surface area contributed by atoms with Crippen LogP contribution >= 0.6 is 0 Å². The second kappa shape index (κ2) is 8.98. The van der Waals surface area contributed by atoms with Crippen molar-refractivity contribution in [2.24, 2.45) is 0 Å². The van der Waals surface area contributed by atoms with E-state index in [0.717, 1.165) is 72.2 Å². The number of nitrogens with zero attached hydrogens (tertiary/aromatic N) is 3. The van der Waals surface area contributed by atoms with Crippen LogP contribution in [0.4, 0.5) is 5.69 Å². The number of aromatic amines is 1. The summed E-state index contributed by atoms with van der Waals surface area (Å²) in [5.74, 6) is 0.0612. The number of fused-ring (bicyclic) bond motifs is 4. The number of anilines is 1. The maximum Gasteiger partial charge on any atom is 0.195 e. The molecule has 2 N–H and O–H groups in total. The zero-order chi connectivity index (χ0) is 25.9. The van der Waals surface area contributed by atoms with Gasteiger partial charge in [-0.2, -0.15) is 5.26 Å². The maximum absolute atomic E-state index is 13.9. The van der Waals surface area contributed by atoms with Crippen molar-refractivity contribution in [2.75, 3.05) is 37.7 Å². The summed E-state index contributed by atoms with van der Waals surface area (Å²) in [5, 5.41) is 20.2. The minimum Gasteiger partial charge on any atom is -0.371 e. The first-order chi connectivity index (χ1) is 17.8. The fourth-order valence-corrected chi connectivity index (χ4v) is 6.61. The molecule has 2 fully saturated rings. The van der Waals surface area contributed by atoms with Crippen molar-refractivity contribution in [1.29, 1.82) is 5.26 Å². The molecule has 2 aliphatic heterocycles. The number of H-pyrrole nitrogens is 1. The summed E-state index contributed by atoms with van der Waals surface area (Å²) in [6.07, 6.45) is 2.27. The highest BCUT2D eigenvalue weighted by Crippen LogP contribution is 2.46. The van der Waals surface area contributed by atoms with Gasteiger partial charge in [0, 0.05) is 65.5 Å². The van der Waals surface area contributed by atoms with Crippen LogP contribution < -0.4 is 4.90 Å². The van der Waals surface area contributed by atoms with Crippen molar-refractivity contribution < 1.29 is 14.6 Å². The van der Waals surface area contributed by atoms with Crippen molar-refractivity contribution in [3.05, 3.63) is 63.8 Å². The lowest BCUT2D eigenvalue weighted by Crippen LogP contribution is -2.51. The monoisotopic (exact) mass is 498 g/mol. The molecule has 6 rings (SSSR count). The van der Waals surface area contributed by atoms with Gasteiger partial charge in [0.05, 0.1) is 23.8 Å². The number of hydrogen-bond acceptors (Lipinski definition) is 6. The van der Waals surface area contributed by atoms with E-state index in [-0.39, 0.29) is 11.2 Å². The SMILES string of the molecule is CCc1cc2c(cc1N1CCC(N3CCOC(O)C3)CC1)C(C)(C)c1[nH]c3cc(C#N)ccc3c1C2=O. The molecule has 0 bridgehead atoms. The molecule has 192 valence electrons. The summed E-state index contributed by atoms with van der Waals surface area (Å²) in [5.41, 5.74) is 6.99. The van der Waals surface area contributed by atoms with Crippen molar-refractivity contribution in [1.82, 2.24) is 9.88 Å². The minimum atomic E-state index is -0.681. The normalized spacial score (nSPS) is 22.1. The molecule has 3 aliphatic rings. The van der Waals surface area contributed by atoms with Crippen molar-refractivity contribution >= 4 is 22.4 Å². The Balaban J connectivity index is 1.35. The number of piperidine rings is 1. The number of aliphatic hydroxyl groups excluding tert-OH is 1. The van der Waals surface area contributed by atoms with Gasteiger partial charge in [0.2, 0.25) is 0 Å². The number of morpholine rings is 1. The van der Waals surface area contributed by atoms with Gasteiger partial charge in [0.1, 0.15) is 0 Å². The predicted molar refractivity (Wildman–Crippen MR) is 143 cm³/mol. The number of carbonyl (C=O) groups is 1. The lowest BCUT2D eigenvalue weighted by Gasteiger charge is -2.42. The molecule has 0 amide bonds. The number of hydrogen-bond donors (Lipinski definition) is 2. The molecule has 0 radical (unpaired) electrons. The molecule has 2 aromatic carbocycles. The third-order valence-electron chi connectivity index (χ3n) is 8.70. The molecule has 2 saturated heterocycles. The van der Waals surface area contributed by atoms with E-state index in [1.54, 1.807) is 6.07 Å². The van der Waals surface area contributed by atoms with Gasteiger partial charge in [-0.25, -0.2) is 0 Å². The van der Waals surface area contributed by atoms with Gasteiger partial charge >= 0.3 is 0 Å². The Labute approximate surface area is 217 Å². The highest BCUT2D eigenvalue weighted by atomic mass is 16.6. The molecule has 3 heterocycles. The zero-order valence-corrected chi connectivity index (χ0v) is 21.8. The minimum absolute atomic E-state index is 0.0612. The van der Waals surface area contributed by atoms with E-state index in [9.17, 15) is 15.2 Å². The van der Waals surface area contributed by atoms with Gasteiger partial charge < -0.3 is 19.7 Å². The summed E-state index contributed by atoms with van der Waals surface area (Å²) in [7, 11) is 0. The van der Waals surface area contributed by atoms with Crippen LogP contribution in [0.25, 0.3) is 10.9 Å². The Morgan fingerprint density at radius 2 is 1.97 bits per heavy atom. The van der Waals surface area contributed by atoms with Crippen LogP contribution in [-0.2, 0) is 16.6 Å². The third kappa shape index (κ3) is 3.86. The maximum atomic E-state index is 13.9. The first-order valence-electron chi connectivity index (χ1n) is 13.4. The topological polar surface area (TPSA) is 92.6 Å². The summed E-state index contributed by atoms with van der Waals surface area (Å²) in [4.78, 5) is 22.2. The molecule has 1 unspecified atom stereocenters. The van der Waals surface area contributed by atoms with Gasteiger partial charge in [-0.3, -0.25) is 9.69 Å². The first-order valence-corrected chi connectivity index (χ1v) is 13.4. The summed E-state index contributed by atoms with van der Waals surface area (Å²) < 4.78 is 5.32. The van der Waals surface area contributed by atoms with Gasteiger partial charge in [-0.15, -0.1) is 0 Å². The van der Waals surface area contributed by atoms with Gasteiger partial charge in [0.25, 0.3) is 0 Å². The van der Waals surface area contributed by atoms with E-state index < -0.39 is 6.29 Å². The lowest BCUT2D eigenvalue weighted by atomic mass is 9.70. The van der Waals surface area contributed by atoms with Crippen LogP contribution in [0, 0.1) is 11.3 Å². The molecule has 37 heavy (non-hydrogen) atoms. The van der Waals surface area contributed by atoms with E-state index in [4.69, 9.17) is 4.74 Å². The average molecular weight is 499 g/mol. The fourth-order valence-electron chi connectivity index (χ4n) is 6.61. The number of nitrogens with one attached hydrogen (secondary N) is 1. The summed E-state index contributed by atoms with van der Waals surface area (Å²) in [6, 6.07) is 12.6. The van der Waals surface area contributed by atoms with Crippen LogP contribution in [0.3, 0.4) is 0 Å². The first kappa shape index (κ1) is 24.2. The molecular formula is C30H34N4O3. The zero-order valence-electron chi connectivity index (χ0n) is 21.8. The fraction of sp³-hybridized carbons (Fsp3) is 0.467. The molecule has 1 aliphatic carbocycles. The van der Waals surface area contributed by atoms with Gasteiger partial charge in [0.15, 0.2) is 12.1 Å². The number of nitriles is 1. The Morgan fingerprint density at radius 3 is 2.68 bits per heavy atom. The molecule has 7 heteroatoms. The number of rotatable bonds is 3. The van der Waals surface area contributed by atoms with Crippen LogP contribution in [0.15, 0.2) is 30.3 Å². The largest absolute Gasteiger partial charge is 0.371 e. The lowest BCUT2D eigenvalue weighted by molar-refractivity contribution is -0.154. The quantitative estimate of drug-likeness (QED) is 0.565. The van der Waals surface area contributed by atoms with E-state index >= 15 is 0 Å². The van der Waals surface area contributed by atoms with Crippen molar-refractivity contribution in [3.8, 4) is 6.07 Å². The molecule has 0 spiro atoms. The van der Waals surface area contributed by atoms with Crippen molar-refractivity contribution in [2.45, 2.75) is 57.8 Å². The predicted octanol–water partition coefficient (Wildman–Crippen LogP) is 4.09. The number of β-amino-alcohol motifs (C(OH)–C–C–N with tert-alkyl or cyclic N) is 1. The second-order valence-electron chi connectivity index (χ2n) is 11.1. The highest BCUT2D eigenvalue weighted by molar-refractivity contribution is 6.20. The van der Waals surface area contributed by atoms with Gasteiger partial charge in [-0.05, 0) is 54.7 Å². The van der Waals surface area contributed by atoms with Crippen molar-refractivity contribution in [3.63, 3.8) is 0 Å². The Hall–Kier alpha value is -3.18. The average Bonchev–Trinajstić information content (AvgIpc) is 3.31. The summed E-state index contributed by atoms with van der Waals surface area (Å²) >= 11 is 0. The van der Waals surface area contributed by atoms with E-state index in [0.29, 0.717) is 24.8 Å². The molecule has 3 aromatic rings. The molecule has 7 nitrogen and oxygen atoms in total. The number of aryl methyl sites for hydroxylation is 1. The van der Waals surface area contributed by atoms with Crippen LogP contribution in [-0.4, -0.2) is 65.9 Å². The van der Waals surface area contributed by atoms with E-state index in [1.165, 1.54) is 11.3 Å². The smallest absolute Gasteiger partial charge is 0.195 e. The molecule has 1 aromatic heterocycles. The number of ether oxygens (including phenoxy) is 1. The number of ketones is 1. The van der Waals surface area contributed by atoms with E-state index in [2.05, 4.69) is 53.8 Å². The van der Waals surface area contributed by atoms with Crippen LogP contribution in [0.1, 0.15) is 71.9 Å². The standard InChI is InChI=1S/C30H34N4O3/c1-4-19-14-22-23(15-25(19)33-9-7-20(8-10-33)34-11-12-37-26(35)17-34)30(2,3)29-27(28(22)36)21-6-5-18(16-31)13-24(21)32-29/h5-6,13-15,20,26,32,35H,4,7-12,17H2,1-3H3. The van der Waals surface area contributed by atoms with Gasteiger partial charge in [-0.1, -0.05) is 26.8 Å². The number of benzene rings is 2. The highest BCUT2D eigenvalue weighted by Gasteiger charge is 2.41. The van der Waals surface area contributed by atoms with Crippen LogP contribution in [0.5, 0.6) is 0 Å². The summed E-state index contributed by atoms with van der Waals surface area (Å²) in [6.45, 7) is 10.5. The Morgan fingerprint density at radius 1 is 1.19 bits per heavy atom. The number of aromatic nitrogens is 1. The molecule has 0 saturated carbocycles. The number of aliphatic hydroxyl groups is 1. The molecular weight excluding hydrogens is 464 g/mol. The Bertz CT molecular complexity index is 1420. The Kier molecular flexibility index (Phi) is 5.87.